The molecule has 18 heavy (non-hydrogen) atoms. The Morgan fingerprint density at radius 2 is 2.06 bits per heavy atom. The zero-order chi connectivity index (χ0) is 13.4. The number of benzene rings is 1. The lowest BCUT2D eigenvalue weighted by Gasteiger charge is -2.20. The molecule has 0 fully saturated rings. The van der Waals surface area contributed by atoms with Crippen molar-refractivity contribution in [1.82, 2.24) is 5.32 Å². The Hall–Kier alpha value is -1.00. The summed E-state index contributed by atoms with van der Waals surface area (Å²) in [6.45, 7) is 2.06. The van der Waals surface area contributed by atoms with Gasteiger partial charge in [0.1, 0.15) is 0 Å². The first kappa shape index (κ1) is 15.1. The van der Waals surface area contributed by atoms with E-state index < -0.39 is 6.04 Å². The van der Waals surface area contributed by atoms with Gasteiger partial charge in [-0.1, -0.05) is 37.3 Å². The highest BCUT2D eigenvalue weighted by Crippen LogP contribution is 2.16. The molecule has 0 heterocycles. The smallest absolute Gasteiger partial charge is 0.237 e. The molecule has 0 radical (unpaired) electrons. The molecule has 0 aromatic heterocycles. The maximum atomic E-state index is 11.9. The summed E-state index contributed by atoms with van der Waals surface area (Å²) in [6, 6.07) is 9.65. The van der Waals surface area contributed by atoms with Crippen molar-refractivity contribution in [2.45, 2.75) is 31.8 Å². The predicted octanol–water partition coefficient (Wildman–Crippen LogP) is 2.33. The summed E-state index contributed by atoms with van der Waals surface area (Å²) in [5, 5.41) is 3.02. The topological polar surface area (TPSA) is 55.1 Å². The van der Waals surface area contributed by atoms with Crippen LogP contribution in [0.4, 0.5) is 0 Å². The van der Waals surface area contributed by atoms with E-state index in [1.54, 1.807) is 11.8 Å². The first-order valence-electron chi connectivity index (χ1n) is 6.28. The SMILES string of the molecule is CCC(NC(=O)[C@H](N)CCSC)c1ccccc1. The summed E-state index contributed by atoms with van der Waals surface area (Å²) < 4.78 is 0. The highest BCUT2D eigenvalue weighted by atomic mass is 32.2. The van der Waals surface area contributed by atoms with Gasteiger partial charge in [-0.3, -0.25) is 4.79 Å². The van der Waals surface area contributed by atoms with Gasteiger partial charge in [-0.2, -0.15) is 11.8 Å². The standard InChI is InChI=1S/C14H22N2OS/c1-3-13(11-7-5-4-6-8-11)16-14(17)12(15)9-10-18-2/h4-8,12-13H,3,9-10,15H2,1-2H3,(H,16,17)/t12-,13?/m1/s1. The molecule has 1 aromatic carbocycles. The van der Waals surface area contributed by atoms with E-state index in [9.17, 15) is 4.79 Å². The highest BCUT2D eigenvalue weighted by Gasteiger charge is 2.17. The number of carbonyl (C=O) groups excluding carboxylic acids is 1. The van der Waals surface area contributed by atoms with Crippen molar-refractivity contribution in [1.29, 1.82) is 0 Å². The Balaban J connectivity index is 2.56. The number of amides is 1. The molecule has 0 saturated heterocycles. The van der Waals surface area contributed by atoms with Crippen LogP contribution < -0.4 is 11.1 Å². The molecular formula is C14H22N2OS. The molecule has 0 aliphatic rings. The van der Waals surface area contributed by atoms with Gasteiger partial charge in [0.2, 0.25) is 5.91 Å². The number of hydrogen-bond acceptors (Lipinski definition) is 3. The first-order chi connectivity index (χ1) is 8.69. The number of rotatable bonds is 7. The zero-order valence-corrected chi connectivity index (χ0v) is 11.9. The van der Waals surface area contributed by atoms with Crippen molar-refractivity contribution in [2.75, 3.05) is 12.0 Å². The van der Waals surface area contributed by atoms with Crippen LogP contribution in [0.5, 0.6) is 0 Å². The molecule has 2 atom stereocenters. The fourth-order valence-electron chi connectivity index (χ4n) is 1.76. The number of nitrogens with one attached hydrogen (secondary N) is 1. The molecule has 1 amide bonds. The van der Waals surface area contributed by atoms with Crippen LogP contribution in [-0.4, -0.2) is 24.0 Å². The van der Waals surface area contributed by atoms with Gasteiger partial charge in [-0.15, -0.1) is 0 Å². The lowest BCUT2D eigenvalue weighted by molar-refractivity contribution is -0.123. The number of hydrogen-bond donors (Lipinski definition) is 2. The van der Waals surface area contributed by atoms with Crippen molar-refractivity contribution in [3.8, 4) is 0 Å². The Labute approximate surface area is 114 Å². The largest absolute Gasteiger partial charge is 0.348 e. The minimum absolute atomic E-state index is 0.0547. The van der Waals surface area contributed by atoms with E-state index in [-0.39, 0.29) is 11.9 Å². The third-order valence-corrected chi connectivity index (χ3v) is 3.54. The molecule has 1 aromatic rings. The van der Waals surface area contributed by atoms with E-state index in [1.165, 1.54) is 0 Å². The third-order valence-electron chi connectivity index (χ3n) is 2.90. The van der Waals surface area contributed by atoms with Gasteiger partial charge in [-0.05, 0) is 30.4 Å². The summed E-state index contributed by atoms with van der Waals surface area (Å²) in [7, 11) is 0. The molecule has 100 valence electrons. The normalized spacial score (nSPS) is 13.9. The number of carbonyl (C=O) groups is 1. The van der Waals surface area contributed by atoms with E-state index in [0.29, 0.717) is 0 Å². The summed E-state index contributed by atoms with van der Waals surface area (Å²) >= 11 is 1.71. The van der Waals surface area contributed by atoms with Crippen molar-refractivity contribution < 1.29 is 4.79 Å². The fourth-order valence-corrected chi connectivity index (χ4v) is 2.25. The molecule has 1 rings (SSSR count). The second-order valence-electron chi connectivity index (χ2n) is 4.27. The van der Waals surface area contributed by atoms with Gasteiger partial charge >= 0.3 is 0 Å². The van der Waals surface area contributed by atoms with Crippen LogP contribution in [0.2, 0.25) is 0 Å². The summed E-state index contributed by atoms with van der Waals surface area (Å²) in [5.41, 5.74) is 6.99. The quantitative estimate of drug-likeness (QED) is 0.796. The van der Waals surface area contributed by atoms with Gasteiger partial charge in [0, 0.05) is 0 Å². The molecule has 1 unspecified atom stereocenters. The van der Waals surface area contributed by atoms with E-state index >= 15 is 0 Å². The van der Waals surface area contributed by atoms with Gasteiger partial charge in [0.25, 0.3) is 0 Å². The van der Waals surface area contributed by atoms with Gasteiger partial charge in [0.15, 0.2) is 0 Å². The molecule has 0 aliphatic carbocycles. The average molecular weight is 266 g/mol. The van der Waals surface area contributed by atoms with E-state index in [0.717, 1.165) is 24.2 Å². The number of thioether (sulfide) groups is 1. The Kier molecular flexibility index (Phi) is 6.83. The summed E-state index contributed by atoms with van der Waals surface area (Å²) in [5.74, 6) is 0.858. The Morgan fingerprint density at radius 3 is 2.61 bits per heavy atom. The highest BCUT2D eigenvalue weighted by molar-refractivity contribution is 7.98. The maximum Gasteiger partial charge on any atom is 0.237 e. The molecular weight excluding hydrogens is 244 g/mol. The van der Waals surface area contributed by atoms with Gasteiger partial charge < -0.3 is 11.1 Å². The molecule has 3 N–H and O–H groups in total. The third kappa shape index (κ3) is 4.70. The minimum atomic E-state index is -0.407. The fraction of sp³-hybridized carbons (Fsp3) is 0.500. The molecule has 0 bridgehead atoms. The zero-order valence-electron chi connectivity index (χ0n) is 11.1. The van der Waals surface area contributed by atoms with Crippen LogP contribution in [0, 0.1) is 0 Å². The lowest BCUT2D eigenvalue weighted by atomic mass is 10.0. The first-order valence-corrected chi connectivity index (χ1v) is 7.68. The second-order valence-corrected chi connectivity index (χ2v) is 5.25. The van der Waals surface area contributed by atoms with Crippen LogP contribution in [0.15, 0.2) is 30.3 Å². The van der Waals surface area contributed by atoms with E-state index in [4.69, 9.17) is 5.73 Å². The van der Waals surface area contributed by atoms with Crippen LogP contribution in [0.25, 0.3) is 0 Å². The molecule has 0 saturated carbocycles. The van der Waals surface area contributed by atoms with Crippen LogP contribution in [0.1, 0.15) is 31.4 Å². The molecule has 0 spiro atoms. The van der Waals surface area contributed by atoms with Crippen molar-refractivity contribution >= 4 is 17.7 Å². The van der Waals surface area contributed by atoms with Crippen molar-refractivity contribution in [3.63, 3.8) is 0 Å². The van der Waals surface area contributed by atoms with Crippen LogP contribution in [-0.2, 0) is 4.79 Å². The number of nitrogens with two attached hydrogens (primary N) is 1. The molecule has 4 heteroatoms. The summed E-state index contributed by atoms with van der Waals surface area (Å²) in [4.78, 5) is 11.9. The van der Waals surface area contributed by atoms with Gasteiger partial charge in [-0.25, -0.2) is 0 Å². The Bertz CT molecular complexity index is 356. The van der Waals surface area contributed by atoms with Crippen LogP contribution >= 0.6 is 11.8 Å². The molecule has 3 nitrogen and oxygen atoms in total. The Morgan fingerprint density at radius 1 is 1.39 bits per heavy atom. The van der Waals surface area contributed by atoms with Crippen LogP contribution in [0.3, 0.4) is 0 Å². The maximum absolute atomic E-state index is 11.9. The average Bonchev–Trinajstić information content (AvgIpc) is 2.42. The van der Waals surface area contributed by atoms with E-state index in [1.807, 2.05) is 36.6 Å². The lowest BCUT2D eigenvalue weighted by Crippen LogP contribution is -2.42. The van der Waals surface area contributed by atoms with Gasteiger partial charge in [0.05, 0.1) is 12.1 Å². The monoisotopic (exact) mass is 266 g/mol. The summed E-state index contributed by atoms with van der Waals surface area (Å²) in [6.07, 6.45) is 3.60. The van der Waals surface area contributed by atoms with Crippen molar-refractivity contribution in [2.24, 2.45) is 5.73 Å². The van der Waals surface area contributed by atoms with Crippen molar-refractivity contribution in [3.05, 3.63) is 35.9 Å². The molecule has 0 aliphatic heterocycles. The van der Waals surface area contributed by atoms with E-state index in [2.05, 4.69) is 12.2 Å². The predicted molar refractivity (Wildman–Crippen MR) is 78.6 cm³/mol. The minimum Gasteiger partial charge on any atom is -0.348 e. The second kappa shape index (κ2) is 8.16.